The van der Waals surface area contributed by atoms with E-state index in [0.717, 1.165) is 18.2 Å². The lowest BCUT2D eigenvalue weighted by Crippen LogP contribution is -2.21. The number of nitrogens with one attached hydrogen (secondary N) is 1. The number of halogens is 1. The lowest BCUT2D eigenvalue weighted by Gasteiger charge is -2.12. The molecule has 0 saturated heterocycles. The number of nitro groups is 1. The number of carbonyl (C=O) groups excluding carboxylic acids is 2. The van der Waals surface area contributed by atoms with Crippen LogP contribution in [0.4, 0.5) is 15.8 Å². The summed E-state index contributed by atoms with van der Waals surface area (Å²) in [5.41, 5.74) is -0.764. The van der Waals surface area contributed by atoms with Crippen LogP contribution in [0.2, 0.25) is 0 Å². The molecule has 0 unspecified atom stereocenters. The summed E-state index contributed by atoms with van der Waals surface area (Å²) < 4.78 is 28.7. The Morgan fingerprint density at radius 2 is 1.93 bits per heavy atom. The Morgan fingerprint density at radius 1 is 1.19 bits per heavy atom. The van der Waals surface area contributed by atoms with Gasteiger partial charge in [0.1, 0.15) is 11.4 Å². The smallest absolute Gasteiger partial charge is 0.342 e. The Hall–Kier alpha value is -3.69. The van der Waals surface area contributed by atoms with Crippen LogP contribution >= 0.6 is 0 Å². The van der Waals surface area contributed by atoms with Crippen molar-refractivity contribution in [2.45, 2.75) is 0 Å². The standard InChI is InChI=1S/C17H15FN2O7/c1-25-14-5-3-4-11(16(14)26-2)17(22)27-9-15(21)19-13-8-10(20(23)24)6-7-12(13)18/h3-8H,9H2,1-2H3,(H,19,21). The van der Waals surface area contributed by atoms with Crippen molar-refractivity contribution in [1.29, 1.82) is 0 Å². The molecule has 10 heteroatoms. The van der Waals surface area contributed by atoms with E-state index in [4.69, 9.17) is 14.2 Å². The van der Waals surface area contributed by atoms with Gasteiger partial charge in [-0.1, -0.05) is 6.07 Å². The zero-order chi connectivity index (χ0) is 20.0. The van der Waals surface area contributed by atoms with Gasteiger partial charge in [-0.2, -0.15) is 0 Å². The van der Waals surface area contributed by atoms with Crippen LogP contribution in [0, 0.1) is 15.9 Å². The normalized spacial score (nSPS) is 10.0. The number of hydrogen-bond donors (Lipinski definition) is 1. The highest BCUT2D eigenvalue weighted by Gasteiger charge is 2.19. The zero-order valence-corrected chi connectivity index (χ0v) is 14.4. The van der Waals surface area contributed by atoms with Crippen molar-refractivity contribution < 1.29 is 33.1 Å². The van der Waals surface area contributed by atoms with Crippen LogP contribution in [0.5, 0.6) is 11.5 Å². The van der Waals surface area contributed by atoms with Gasteiger partial charge in [0.05, 0.1) is 24.8 Å². The number of carbonyl (C=O) groups is 2. The highest BCUT2D eigenvalue weighted by atomic mass is 19.1. The molecule has 0 aliphatic rings. The fourth-order valence-corrected chi connectivity index (χ4v) is 2.17. The van der Waals surface area contributed by atoms with Crippen LogP contribution in [0.3, 0.4) is 0 Å². The van der Waals surface area contributed by atoms with Gasteiger partial charge in [-0.25, -0.2) is 9.18 Å². The van der Waals surface area contributed by atoms with Gasteiger partial charge in [0, 0.05) is 12.1 Å². The molecule has 0 aliphatic carbocycles. The molecule has 2 aromatic carbocycles. The van der Waals surface area contributed by atoms with Crippen LogP contribution in [0.1, 0.15) is 10.4 Å². The van der Waals surface area contributed by atoms with Gasteiger partial charge < -0.3 is 19.5 Å². The minimum Gasteiger partial charge on any atom is -0.493 e. The Kier molecular flexibility index (Phi) is 6.26. The molecule has 142 valence electrons. The molecule has 0 bridgehead atoms. The first-order valence-corrected chi connectivity index (χ1v) is 7.49. The molecule has 2 aromatic rings. The molecule has 2 rings (SSSR count). The summed E-state index contributed by atoms with van der Waals surface area (Å²) >= 11 is 0. The lowest BCUT2D eigenvalue weighted by molar-refractivity contribution is -0.384. The first-order chi connectivity index (χ1) is 12.9. The quantitative estimate of drug-likeness (QED) is 0.447. The van der Waals surface area contributed by atoms with E-state index in [1.165, 1.54) is 26.4 Å². The molecule has 27 heavy (non-hydrogen) atoms. The Balaban J connectivity index is 2.05. The maximum absolute atomic E-state index is 13.7. The molecule has 1 amide bonds. The summed E-state index contributed by atoms with van der Waals surface area (Å²) in [6.07, 6.45) is 0. The van der Waals surface area contributed by atoms with Crippen LogP contribution in [-0.4, -0.2) is 37.6 Å². The van der Waals surface area contributed by atoms with E-state index in [1.807, 2.05) is 0 Å². The number of nitrogens with zero attached hydrogens (tertiary/aromatic N) is 1. The Bertz CT molecular complexity index is 886. The average Bonchev–Trinajstić information content (AvgIpc) is 2.66. The second-order valence-corrected chi connectivity index (χ2v) is 5.09. The van der Waals surface area contributed by atoms with Crippen LogP contribution in [0.15, 0.2) is 36.4 Å². The van der Waals surface area contributed by atoms with E-state index >= 15 is 0 Å². The maximum Gasteiger partial charge on any atom is 0.342 e. The third-order valence-electron chi connectivity index (χ3n) is 3.39. The number of methoxy groups -OCH3 is 2. The molecule has 0 aromatic heterocycles. The molecule has 0 fully saturated rings. The molecular formula is C17H15FN2O7. The van der Waals surface area contributed by atoms with Gasteiger partial charge in [0.15, 0.2) is 18.1 Å². The number of hydrogen-bond acceptors (Lipinski definition) is 7. The Labute approximate surface area is 152 Å². The predicted molar refractivity (Wildman–Crippen MR) is 91.5 cm³/mol. The van der Waals surface area contributed by atoms with E-state index in [-0.39, 0.29) is 11.3 Å². The molecule has 0 spiro atoms. The van der Waals surface area contributed by atoms with Gasteiger partial charge in [-0.05, 0) is 18.2 Å². The summed E-state index contributed by atoms with van der Waals surface area (Å²) in [5, 5.41) is 12.8. The van der Waals surface area contributed by atoms with Crippen LogP contribution in [-0.2, 0) is 9.53 Å². The van der Waals surface area contributed by atoms with E-state index in [9.17, 15) is 24.1 Å². The molecule has 0 saturated carbocycles. The molecule has 1 N–H and O–H groups in total. The summed E-state index contributed by atoms with van der Waals surface area (Å²) in [7, 11) is 2.74. The van der Waals surface area contributed by atoms with Gasteiger partial charge in [0.2, 0.25) is 0 Å². The first-order valence-electron chi connectivity index (χ1n) is 7.49. The number of rotatable bonds is 7. The van der Waals surface area contributed by atoms with E-state index in [0.29, 0.717) is 5.75 Å². The van der Waals surface area contributed by atoms with Crippen molar-refractivity contribution >= 4 is 23.3 Å². The number of nitro benzene ring substituents is 1. The zero-order valence-electron chi connectivity index (χ0n) is 14.4. The van der Waals surface area contributed by atoms with Gasteiger partial charge >= 0.3 is 5.97 Å². The van der Waals surface area contributed by atoms with E-state index in [2.05, 4.69) is 5.32 Å². The summed E-state index contributed by atoms with van der Waals surface area (Å²) in [6.45, 7) is -0.735. The van der Waals surface area contributed by atoms with Gasteiger partial charge in [0.25, 0.3) is 11.6 Å². The fourth-order valence-electron chi connectivity index (χ4n) is 2.17. The number of non-ortho nitro benzene ring substituents is 1. The minimum absolute atomic E-state index is 0.0335. The summed E-state index contributed by atoms with van der Waals surface area (Å²) in [4.78, 5) is 34.0. The van der Waals surface area contributed by atoms with Crippen LogP contribution in [0.25, 0.3) is 0 Å². The van der Waals surface area contributed by atoms with Crippen molar-refractivity contribution in [3.8, 4) is 11.5 Å². The number of esters is 1. The first kappa shape index (κ1) is 19.6. The highest BCUT2D eigenvalue weighted by Crippen LogP contribution is 2.31. The monoisotopic (exact) mass is 378 g/mol. The van der Waals surface area contributed by atoms with Crippen molar-refractivity contribution in [1.82, 2.24) is 0 Å². The summed E-state index contributed by atoms with van der Waals surface area (Å²) in [6, 6.07) is 7.20. The Morgan fingerprint density at radius 3 is 2.56 bits per heavy atom. The van der Waals surface area contributed by atoms with Crippen LogP contribution < -0.4 is 14.8 Å². The molecule has 0 radical (unpaired) electrons. The molecule has 0 atom stereocenters. The van der Waals surface area contributed by atoms with E-state index in [1.54, 1.807) is 6.07 Å². The minimum atomic E-state index is -0.871. The number of anilines is 1. The molecular weight excluding hydrogens is 363 g/mol. The second kappa shape index (κ2) is 8.61. The third kappa shape index (κ3) is 4.69. The second-order valence-electron chi connectivity index (χ2n) is 5.09. The highest BCUT2D eigenvalue weighted by molar-refractivity contribution is 5.97. The van der Waals surface area contributed by atoms with Crippen molar-refractivity contribution in [2.24, 2.45) is 0 Å². The largest absolute Gasteiger partial charge is 0.493 e. The van der Waals surface area contributed by atoms with Gasteiger partial charge in [-0.15, -0.1) is 0 Å². The third-order valence-corrected chi connectivity index (χ3v) is 3.39. The SMILES string of the molecule is COc1cccc(C(=O)OCC(=O)Nc2cc([N+](=O)[O-])ccc2F)c1OC. The number of amides is 1. The average molecular weight is 378 g/mol. The molecule has 9 nitrogen and oxygen atoms in total. The number of para-hydroxylation sites is 1. The lowest BCUT2D eigenvalue weighted by atomic mass is 10.2. The molecule has 0 aliphatic heterocycles. The van der Waals surface area contributed by atoms with E-state index < -0.39 is 40.6 Å². The summed E-state index contributed by atoms with van der Waals surface area (Å²) in [5.74, 6) is -2.16. The maximum atomic E-state index is 13.7. The number of benzene rings is 2. The van der Waals surface area contributed by atoms with Crippen molar-refractivity contribution in [3.05, 3.63) is 57.9 Å². The molecule has 0 heterocycles. The number of ether oxygens (including phenoxy) is 3. The predicted octanol–water partition coefficient (Wildman–Crippen LogP) is 2.55. The van der Waals surface area contributed by atoms with Crippen molar-refractivity contribution in [3.63, 3.8) is 0 Å². The van der Waals surface area contributed by atoms with Crippen molar-refractivity contribution in [2.75, 3.05) is 26.1 Å². The topological polar surface area (TPSA) is 117 Å². The van der Waals surface area contributed by atoms with Gasteiger partial charge in [-0.3, -0.25) is 14.9 Å². The fraction of sp³-hybridized carbons (Fsp3) is 0.176.